The smallest absolute Gasteiger partial charge is 0.0823 e. The molecule has 0 fully saturated rings. The van der Waals surface area contributed by atoms with Crippen molar-refractivity contribution in [1.82, 2.24) is 0 Å². The van der Waals surface area contributed by atoms with Gasteiger partial charge in [0, 0.05) is 13.2 Å². The fraction of sp³-hybridized carbons (Fsp3) is 1.00. The van der Waals surface area contributed by atoms with Crippen molar-refractivity contribution in [2.45, 2.75) is 71.4 Å². The second kappa shape index (κ2) is 7.24. The minimum atomic E-state index is -0.100. The van der Waals surface area contributed by atoms with E-state index in [2.05, 4.69) is 27.7 Å². The molecule has 2 nitrogen and oxygen atoms in total. The molecule has 0 aromatic rings. The Hall–Kier alpha value is -0.0800. The zero-order valence-corrected chi connectivity index (χ0v) is 11.2. The van der Waals surface area contributed by atoms with Crippen LogP contribution in [0, 0.1) is 5.92 Å². The van der Waals surface area contributed by atoms with Crippen molar-refractivity contribution in [3.05, 3.63) is 0 Å². The molecule has 0 radical (unpaired) electrons. The zero-order valence-electron chi connectivity index (χ0n) is 11.2. The average Bonchev–Trinajstić information content (AvgIpc) is 2.21. The van der Waals surface area contributed by atoms with Crippen molar-refractivity contribution in [2.75, 3.05) is 7.11 Å². The van der Waals surface area contributed by atoms with Gasteiger partial charge in [0.1, 0.15) is 0 Å². The van der Waals surface area contributed by atoms with Crippen molar-refractivity contribution >= 4 is 0 Å². The minimum Gasteiger partial charge on any atom is -0.377 e. The van der Waals surface area contributed by atoms with Crippen LogP contribution in [0.15, 0.2) is 0 Å². The normalized spacial score (nSPS) is 14.6. The molecule has 1 atom stereocenters. The van der Waals surface area contributed by atoms with Gasteiger partial charge in [-0.15, -0.1) is 0 Å². The van der Waals surface area contributed by atoms with E-state index >= 15 is 0 Å². The van der Waals surface area contributed by atoms with Crippen LogP contribution in [0.2, 0.25) is 0 Å². The van der Waals surface area contributed by atoms with E-state index < -0.39 is 0 Å². The van der Waals surface area contributed by atoms with Gasteiger partial charge in [0.05, 0.1) is 5.60 Å². The fourth-order valence-electron chi connectivity index (χ4n) is 2.22. The van der Waals surface area contributed by atoms with Crippen LogP contribution >= 0.6 is 0 Å². The molecule has 0 saturated heterocycles. The molecule has 0 aliphatic carbocycles. The van der Waals surface area contributed by atoms with Crippen LogP contribution < -0.4 is 5.73 Å². The SMILES string of the molecule is CCC(CC)(OC)C(N)CCCC(C)C. The summed E-state index contributed by atoms with van der Waals surface area (Å²) in [6.45, 7) is 8.84. The summed E-state index contributed by atoms with van der Waals surface area (Å²) in [6.07, 6.45) is 5.56. The topological polar surface area (TPSA) is 35.2 Å². The van der Waals surface area contributed by atoms with Crippen molar-refractivity contribution < 1.29 is 4.74 Å². The first kappa shape index (κ1) is 14.9. The maximum atomic E-state index is 6.25. The lowest BCUT2D eigenvalue weighted by atomic mass is 9.85. The number of ether oxygens (including phenoxy) is 1. The highest BCUT2D eigenvalue weighted by Gasteiger charge is 2.32. The summed E-state index contributed by atoms with van der Waals surface area (Å²) in [7, 11) is 1.79. The lowest BCUT2D eigenvalue weighted by molar-refractivity contribution is -0.0400. The van der Waals surface area contributed by atoms with E-state index in [1.54, 1.807) is 7.11 Å². The van der Waals surface area contributed by atoms with Crippen LogP contribution in [0.25, 0.3) is 0 Å². The Morgan fingerprint density at radius 2 is 1.67 bits per heavy atom. The molecule has 92 valence electrons. The molecular formula is C13H29NO. The molecule has 0 aromatic carbocycles. The quantitative estimate of drug-likeness (QED) is 0.674. The second-order valence-corrected chi connectivity index (χ2v) is 4.91. The molecule has 0 heterocycles. The Balaban J connectivity index is 4.08. The predicted octanol–water partition coefficient (Wildman–Crippen LogP) is 3.35. The van der Waals surface area contributed by atoms with Crippen LogP contribution in [0.5, 0.6) is 0 Å². The van der Waals surface area contributed by atoms with Crippen LogP contribution in [0.1, 0.15) is 59.8 Å². The molecule has 0 bridgehead atoms. The Morgan fingerprint density at radius 3 is 2.00 bits per heavy atom. The highest BCUT2D eigenvalue weighted by atomic mass is 16.5. The molecule has 1 unspecified atom stereocenters. The van der Waals surface area contributed by atoms with E-state index in [4.69, 9.17) is 10.5 Å². The van der Waals surface area contributed by atoms with Gasteiger partial charge < -0.3 is 10.5 Å². The third-order valence-electron chi connectivity index (χ3n) is 3.58. The Bertz CT molecular complexity index is 144. The van der Waals surface area contributed by atoms with Gasteiger partial charge in [0.2, 0.25) is 0 Å². The van der Waals surface area contributed by atoms with Crippen LogP contribution in [-0.2, 0) is 4.74 Å². The molecule has 0 aromatic heterocycles. The van der Waals surface area contributed by atoms with E-state index in [0.717, 1.165) is 25.2 Å². The summed E-state index contributed by atoms with van der Waals surface area (Å²) in [5, 5.41) is 0. The van der Waals surface area contributed by atoms with Crippen molar-refractivity contribution in [2.24, 2.45) is 11.7 Å². The predicted molar refractivity (Wildman–Crippen MR) is 67.0 cm³/mol. The monoisotopic (exact) mass is 215 g/mol. The summed E-state index contributed by atoms with van der Waals surface area (Å²) in [5.74, 6) is 0.775. The number of hydrogen-bond donors (Lipinski definition) is 1. The van der Waals surface area contributed by atoms with E-state index in [1.165, 1.54) is 12.8 Å². The average molecular weight is 215 g/mol. The van der Waals surface area contributed by atoms with Gasteiger partial charge in [-0.1, -0.05) is 40.5 Å². The highest BCUT2D eigenvalue weighted by Crippen LogP contribution is 2.26. The Morgan fingerprint density at radius 1 is 1.13 bits per heavy atom. The molecule has 2 heteroatoms. The highest BCUT2D eigenvalue weighted by molar-refractivity contribution is 4.88. The largest absolute Gasteiger partial charge is 0.377 e. The van der Waals surface area contributed by atoms with E-state index in [1.807, 2.05) is 0 Å². The van der Waals surface area contributed by atoms with Crippen molar-refractivity contribution in [3.8, 4) is 0 Å². The molecule has 0 spiro atoms. The minimum absolute atomic E-state index is 0.100. The first-order valence-corrected chi connectivity index (χ1v) is 6.33. The van der Waals surface area contributed by atoms with Gasteiger partial charge in [-0.25, -0.2) is 0 Å². The summed E-state index contributed by atoms with van der Waals surface area (Å²) >= 11 is 0. The number of methoxy groups -OCH3 is 1. The number of hydrogen-bond acceptors (Lipinski definition) is 2. The molecule has 0 saturated carbocycles. The third kappa shape index (κ3) is 4.52. The summed E-state index contributed by atoms with van der Waals surface area (Å²) < 4.78 is 5.63. The molecule has 0 aliphatic rings. The molecule has 0 aliphatic heterocycles. The van der Waals surface area contributed by atoms with E-state index in [9.17, 15) is 0 Å². The van der Waals surface area contributed by atoms with Gasteiger partial charge in [0.25, 0.3) is 0 Å². The van der Waals surface area contributed by atoms with Crippen molar-refractivity contribution in [3.63, 3.8) is 0 Å². The van der Waals surface area contributed by atoms with E-state index in [-0.39, 0.29) is 11.6 Å². The first-order chi connectivity index (χ1) is 7.02. The Kier molecular flexibility index (Phi) is 7.20. The van der Waals surface area contributed by atoms with Gasteiger partial charge >= 0.3 is 0 Å². The van der Waals surface area contributed by atoms with Crippen LogP contribution in [-0.4, -0.2) is 18.8 Å². The molecule has 2 N–H and O–H groups in total. The second-order valence-electron chi connectivity index (χ2n) is 4.91. The van der Waals surface area contributed by atoms with Gasteiger partial charge in [0.15, 0.2) is 0 Å². The van der Waals surface area contributed by atoms with E-state index in [0.29, 0.717) is 0 Å². The van der Waals surface area contributed by atoms with Crippen LogP contribution in [0.4, 0.5) is 0 Å². The van der Waals surface area contributed by atoms with Gasteiger partial charge in [-0.2, -0.15) is 0 Å². The Labute approximate surface area is 95.6 Å². The maximum absolute atomic E-state index is 6.25. The molecule has 0 amide bonds. The molecule has 15 heavy (non-hydrogen) atoms. The summed E-state index contributed by atoms with van der Waals surface area (Å²) in [6, 6.07) is 0.177. The molecule has 0 rings (SSSR count). The lowest BCUT2D eigenvalue weighted by Crippen LogP contribution is -2.48. The number of nitrogens with two attached hydrogens (primary N) is 1. The first-order valence-electron chi connectivity index (χ1n) is 6.33. The fourth-order valence-corrected chi connectivity index (χ4v) is 2.22. The maximum Gasteiger partial charge on any atom is 0.0823 e. The van der Waals surface area contributed by atoms with Gasteiger partial charge in [-0.3, -0.25) is 0 Å². The standard InChI is InChI=1S/C13H29NO/c1-6-13(7-2,15-5)12(14)10-8-9-11(3)4/h11-12H,6-10,14H2,1-5H3. The number of rotatable bonds is 8. The zero-order chi connectivity index (χ0) is 11.9. The third-order valence-corrected chi connectivity index (χ3v) is 3.58. The molecular weight excluding hydrogens is 186 g/mol. The van der Waals surface area contributed by atoms with Crippen molar-refractivity contribution in [1.29, 1.82) is 0 Å². The lowest BCUT2D eigenvalue weighted by Gasteiger charge is -2.36. The van der Waals surface area contributed by atoms with Crippen LogP contribution in [0.3, 0.4) is 0 Å². The van der Waals surface area contributed by atoms with Gasteiger partial charge in [-0.05, 0) is 25.2 Å². The summed E-state index contributed by atoms with van der Waals surface area (Å²) in [4.78, 5) is 0. The summed E-state index contributed by atoms with van der Waals surface area (Å²) in [5.41, 5.74) is 6.15.